The third-order valence-electron chi connectivity index (χ3n) is 4.35. The van der Waals surface area contributed by atoms with Crippen LogP contribution in [0.5, 0.6) is 11.5 Å². The van der Waals surface area contributed by atoms with Gasteiger partial charge in [0.15, 0.2) is 6.61 Å². The molecular weight excluding hydrogens is 360 g/mol. The first-order chi connectivity index (χ1) is 13.7. The van der Waals surface area contributed by atoms with Gasteiger partial charge in [-0.1, -0.05) is 6.92 Å². The van der Waals surface area contributed by atoms with Gasteiger partial charge in [0.2, 0.25) is 5.89 Å². The lowest BCUT2D eigenvalue weighted by Crippen LogP contribution is -2.00. The fourth-order valence-electron chi connectivity index (χ4n) is 2.90. The second-order valence-corrected chi connectivity index (χ2v) is 6.12. The normalized spacial score (nSPS) is 10.9. The standard InChI is InChI=1S/C21H18N2O5/c1-3-13-10-20(24)27-18-11-16(8-9-17(13)18)26-12-19-22-23-21(28-19)14-4-6-15(25-2)7-5-14/h4-11H,3,12H2,1-2H3. The highest BCUT2D eigenvalue weighted by atomic mass is 16.5. The molecule has 7 nitrogen and oxygen atoms in total. The topological polar surface area (TPSA) is 87.6 Å². The third-order valence-corrected chi connectivity index (χ3v) is 4.35. The molecule has 0 saturated heterocycles. The van der Waals surface area contributed by atoms with Crippen molar-refractivity contribution in [1.29, 1.82) is 0 Å². The van der Waals surface area contributed by atoms with Gasteiger partial charge in [0.1, 0.15) is 17.1 Å². The molecule has 2 heterocycles. The molecule has 0 aliphatic carbocycles. The van der Waals surface area contributed by atoms with Crippen LogP contribution in [0.2, 0.25) is 0 Å². The number of hydrogen-bond acceptors (Lipinski definition) is 7. The van der Waals surface area contributed by atoms with Gasteiger partial charge in [-0.25, -0.2) is 4.79 Å². The van der Waals surface area contributed by atoms with E-state index >= 15 is 0 Å². The highest BCUT2D eigenvalue weighted by Crippen LogP contribution is 2.25. The van der Waals surface area contributed by atoms with Crippen molar-refractivity contribution >= 4 is 11.0 Å². The molecule has 0 aliphatic rings. The van der Waals surface area contributed by atoms with Gasteiger partial charge in [-0.15, -0.1) is 10.2 Å². The van der Waals surface area contributed by atoms with Crippen LogP contribution >= 0.6 is 0 Å². The van der Waals surface area contributed by atoms with Crippen LogP contribution in [0.25, 0.3) is 22.4 Å². The number of aromatic nitrogens is 2. The lowest BCUT2D eigenvalue weighted by atomic mass is 10.1. The van der Waals surface area contributed by atoms with E-state index < -0.39 is 0 Å². The number of benzene rings is 2. The number of ether oxygens (including phenoxy) is 2. The van der Waals surface area contributed by atoms with Gasteiger partial charge in [0, 0.05) is 23.1 Å². The average molecular weight is 378 g/mol. The SMILES string of the molecule is CCc1cc(=O)oc2cc(OCc3nnc(-c4ccc(OC)cc4)o3)ccc12. The molecule has 0 saturated carbocycles. The Hall–Kier alpha value is -3.61. The van der Waals surface area contributed by atoms with E-state index in [1.807, 2.05) is 43.3 Å². The van der Waals surface area contributed by atoms with Crippen molar-refractivity contribution < 1.29 is 18.3 Å². The van der Waals surface area contributed by atoms with E-state index in [1.54, 1.807) is 13.2 Å². The van der Waals surface area contributed by atoms with Gasteiger partial charge in [-0.2, -0.15) is 0 Å². The fraction of sp³-hybridized carbons (Fsp3) is 0.190. The molecule has 0 fully saturated rings. The Bertz CT molecular complexity index is 1160. The van der Waals surface area contributed by atoms with Crippen molar-refractivity contribution in [1.82, 2.24) is 10.2 Å². The minimum Gasteiger partial charge on any atom is -0.497 e. The summed E-state index contributed by atoms with van der Waals surface area (Å²) in [6.45, 7) is 2.10. The maximum atomic E-state index is 11.7. The first-order valence-corrected chi connectivity index (χ1v) is 8.82. The number of rotatable bonds is 6. The second kappa shape index (κ2) is 7.56. The summed E-state index contributed by atoms with van der Waals surface area (Å²) >= 11 is 0. The molecule has 4 aromatic rings. The minimum atomic E-state index is -0.373. The molecule has 0 amide bonds. The van der Waals surface area contributed by atoms with Crippen LogP contribution in [0, 0.1) is 0 Å². The molecule has 2 aromatic heterocycles. The van der Waals surface area contributed by atoms with Gasteiger partial charge in [0.05, 0.1) is 7.11 Å². The molecule has 0 N–H and O–H groups in total. The van der Waals surface area contributed by atoms with Crippen LogP contribution in [-0.2, 0) is 13.0 Å². The highest BCUT2D eigenvalue weighted by molar-refractivity contribution is 5.81. The van der Waals surface area contributed by atoms with Crippen molar-refractivity contribution in [3.8, 4) is 23.0 Å². The van der Waals surface area contributed by atoms with Crippen molar-refractivity contribution in [3.05, 3.63) is 70.4 Å². The third kappa shape index (κ3) is 3.59. The Morgan fingerprint density at radius 2 is 1.75 bits per heavy atom. The van der Waals surface area contributed by atoms with E-state index in [1.165, 1.54) is 6.07 Å². The van der Waals surface area contributed by atoms with Crippen molar-refractivity contribution in [3.63, 3.8) is 0 Å². The van der Waals surface area contributed by atoms with E-state index in [0.29, 0.717) is 23.1 Å². The van der Waals surface area contributed by atoms with E-state index in [0.717, 1.165) is 28.7 Å². The second-order valence-electron chi connectivity index (χ2n) is 6.12. The molecule has 7 heteroatoms. The first kappa shape index (κ1) is 17.8. The predicted molar refractivity (Wildman–Crippen MR) is 102 cm³/mol. The molecule has 28 heavy (non-hydrogen) atoms. The van der Waals surface area contributed by atoms with Crippen LogP contribution in [0.1, 0.15) is 18.4 Å². The maximum Gasteiger partial charge on any atom is 0.336 e. The summed E-state index contributed by atoms with van der Waals surface area (Å²) in [5.74, 6) is 2.04. The molecule has 0 spiro atoms. The zero-order valence-corrected chi connectivity index (χ0v) is 15.5. The smallest absolute Gasteiger partial charge is 0.336 e. The molecular formula is C21H18N2O5. The molecule has 0 aliphatic heterocycles. The van der Waals surface area contributed by atoms with Gasteiger partial charge in [0.25, 0.3) is 5.89 Å². The molecule has 4 rings (SSSR count). The van der Waals surface area contributed by atoms with Crippen LogP contribution in [0.3, 0.4) is 0 Å². The number of methoxy groups -OCH3 is 1. The Morgan fingerprint density at radius 1 is 0.964 bits per heavy atom. The molecule has 0 unspecified atom stereocenters. The molecule has 142 valence electrons. The maximum absolute atomic E-state index is 11.7. The monoisotopic (exact) mass is 378 g/mol. The van der Waals surface area contributed by atoms with E-state index in [9.17, 15) is 4.79 Å². The summed E-state index contributed by atoms with van der Waals surface area (Å²) in [4.78, 5) is 11.7. The van der Waals surface area contributed by atoms with Crippen molar-refractivity contribution in [2.75, 3.05) is 7.11 Å². The Morgan fingerprint density at radius 3 is 2.50 bits per heavy atom. The lowest BCUT2D eigenvalue weighted by molar-refractivity contribution is 0.264. The average Bonchev–Trinajstić information content (AvgIpc) is 3.20. The zero-order valence-electron chi connectivity index (χ0n) is 15.5. The highest BCUT2D eigenvalue weighted by Gasteiger charge is 2.11. The number of hydrogen-bond donors (Lipinski definition) is 0. The fourth-order valence-corrected chi connectivity index (χ4v) is 2.90. The summed E-state index contributed by atoms with van der Waals surface area (Å²) in [6, 6.07) is 14.2. The number of fused-ring (bicyclic) bond motifs is 1. The van der Waals surface area contributed by atoms with Crippen LogP contribution in [0.15, 0.2) is 62.2 Å². The molecule has 0 radical (unpaired) electrons. The van der Waals surface area contributed by atoms with E-state index in [-0.39, 0.29) is 12.2 Å². The van der Waals surface area contributed by atoms with Gasteiger partial charge in [-0.05, 0) is 48.4 Å². The quantitative estimate of drug-likeness (QED) is 0.469. The van der Waals surface area contributed by atoms with E-state index in [4.69, 9.17) is 18.3 Å². The summed E-state index contributed by atoms with van der Waals surface area (Å²) in [6.07, 6.45) is 0.748. The molecule has 0 atom stereocenters. The number of aryl methyl sites for hydroxylation is 1. The Balaban J connectivity index is 1.50. The Labute approximate surface area is 160 Å². The molecule has 0 bridgehead atoms. The summed E-state index contributed by atoms with van der Waals surface area (Å²) < 4.78 is 21.8. The largest absolute Gasteiger partial charge is 0.497 e. The van der Waals surface area contributed by atoms with Crippen LogP contribution in [0.4, 0.5) is 0 Å². The predicted octanol–water partition coefficient (Wildman–Crippen LogP) is 3.99. The van der Waals surface area contributed by atoms with Gasteiger partial charge >= 0.3 is 5.63 Å². The molecule has 2 aromatic carbocycles. The zero-order chi connectivity index (χ0) is 19.5. The first-order valence-electron chi connectivity index (χ1n) is 8.82. The number of nitrogens with zero attached hydrogens (tertiary/aromatic N) is 2. The van der Waals surface area contributed by atoms with Crippen LogP contribution in [-0.4, -0.2) is 17.3 Å². The van der Waals surface area contributed by atoms with Crippen molar-refractivity contribution in [2.24, 2.45) is 0 Å². The Kier molecular flexibility index (Phi) is 4.80. The summed E-state index contributed by atoms with van der Waals surface area (Å²) in [5, 5.41) is 8.95. The van der Waals surface area contributed by atoms with E-state index in [2.05, 4.69) is 10.2 Å². The summed E-state index contributed by atoms with van der Waals surface area (Å²) in [5.41, 5.74) is 1.85. The van der Waals surface area contributed by atoms with Gasteiger partial charge < -0.3 is 18.3 Å². The minimum absolute atomic E-state index is 0.104. The lowest BCUT2D eigenvalue weighted by Gasteiger charge is -2.06. The van der Waals surface area contributed by atoms with Crippen LogP contribution < -0.4 is 15.1 Å². The van der Waals surface area contributed by atoms with Crippen molar-refractivity contribution in [2.45, 2.75) is 20.0 Å². The van der Waals surface area contributed by atoms with Gasteiger partial charge in [-0.3, -0.25) is 0 Å². The summed E-state index contributed by atoms with van der Waals surface area (Å²) in [7, 11) is 1.61.